The predicted octanol–water partition coefficient (Wildman–Crippen LogP) is 2.82. The molecule has 0 fully saturated rings. The first-order chi connectivity index (χ1) is 17.0. The number of amides is 2. The van der Waals surface area contributed by atoms with Gasteiger partial charge in [0, 0.05) is 11.3 Å². The summed E-state index contributed by atoms with van der Waals surface area (Å²) in [5, 5.41) is 2.80. The van der Waals surface area contributed by atoms with Gasteiger partial charge in [-0.05, 0) is 42.5 Å². The first-order valence-corrected chi connectivity index (χ1v) is 11.7. The predicted molar refractivity (Wildman–Crippen MR) is 135 cm³/mol. The first-order valence-electron chi connectivity index (χ1n) is 10.8. The van der Waals surface area contributed by atoms with Crippen molar-refractivity contribution in [2.45, 2.75) is 0 Å². The smallest absolute Gasteiger partial charge is 0.275 e. The number of benzene rings is 3. The molecule has 1 aliphatic rings. The highest BCUT2D eigenvalue weighted by molar-refractivity contribution is 7.15. The summed E-state index contributed by atoms with van der Waals surface area (Å²) in [6, 6.07) is 21.5. The third-order valence-electron chi connectivity index (χ3n) is 5.95. The lowest BCUT2D eigenvalue weighted by Crippen LogP contribution is -2.37. The second-order valence-corrected chi connectivity index (χ2v) is 8.99. The highest BCUT2D eigenvalue weighted by Gasteiger charge is 2.35. The van der Waals surface area contributed by atoms with Crippen LogP contribution in [0.4, 0.5) is 11.4 Å². The molecule has 5 aromatic rings. The fraction of sp³-hybridized carbons (Fsp3) is 0.0769. The molecular formula is C26H18N4O4S. The van der Waals surface area contributed by atoms with E-state index in [1.165, 1.54) is 20.6 Å². The molecule has 0 bridgehead atoms. The Balaban J connectivity index is 1.41. The summed E-state index contributed by atoms with van der Waals surface area (Å²) in [4.78, 5) is 46.3. The van der Waals surface area contributed by atoms with Gasteiger partial charge in [0.15, 0.2) is 4.96 Å². The number of imidazole rings is 1. The Labute approximate surface area is 202 Å². The van der Waals surface area contributed by atoms with Gasteiger partial charge in [-0.2, -0.15) is 0 Å². The van der Waals surface area contributed by atoms with Gasteiger partial charge in [-0.3, -0.25) is 19.3 Å². The molecule has 0 atom stereocenters. The van der Waals surface area contributed by atoms with Crippen LogP contribution >= 0.6 is 11.3 Å². The SMILES string of the molecule is COc1ccc(NC(=O)CN2C(=O)/C(=c3\sc4nc5ccccc5n4c3=O)c3ccccc32)cc1. The van der Waals surface area contributed by atoms with Gasteiger partial charge < -0.3 is 10.1 Å². The van der Waals surface area contributed by atoms with E-state index in [0.717, 1.165) is 5.52 Å². The number of carbonyl (C=O) groups excluding carboxylic acids is 2. The van der Waals surface area contributed by atoms with Crippen molar-refractivity contribution >= 4 is 56.1 Å². The lowest BCUT2D eigenvalue weighted by molar-refractivity contribution is -0.118. The van der Waals surface area contributed by atoms with Crippen LogP contribution in [-0.2, 0) is 9.59 Å². The molecule has 0 unspecified atom stereocenters. The number of fused-ring (bicyclic) bond motifs is 4. The second kappa shape index (κ2) is 8.07. The lowest BCUT2D eigenvalue weighted by Gasteiger charge is -2.16. The van der Waals surface area contributed by atoms with Gasteiger partial charge in [-0.25, -0.2) is 9.38 Å². The molecule has 1 aliphatic heterocycles. The topological polar surface area (TPSA) is 93.0 Å². The molecule has 0 aliphatic carbocycles. The zero-order chi connectivity index (χ0) is 24.1. The van der Waals surface area contributed by atoms with E-state index in [2.05, 4.69) is 10.3 Å². The molecule has 2 amide bonds. The molecule has 1 N–H and O–H groups in total. The minimum atomic E-state index is -0.387. The Morgan fingerprint density at radius 2 is 1.74 bits per heavy atom. The number of nitrogens with one attached hydrogen (secondary N) is 1. The molecule has 8 nitrogen and oxygen atoms in total. The van der Waals surface area contributed by atoms with Gasteiger partial charge in [0.25, 0.3) is 11.5 Å². The van der Waals surface area contributed by atoms with Crippen molar-refractivity contribution < 1.29 is 14.3 Å². The standard InChI is InChI=1S/C26H18N4O4S/c1-34-16-12-10-15(11-13-16)27-21(31)14-29-19-8-4-2-6-17(19)22(24(29)32)23-25(33)30-20-9-5-3-7-18(20)28-26(30)35-23/h2-13H,14H2,1H3,(H,27,31)/b23-22-. The number of nitrogens with zero attached hydrogens (tertiary/aromatic N) is 3. The number of ether oxygens (including phenoxy) is 1. The van der Waals surface area contributed by atoms with Crippen molar-refractivity contribution in [2.75, 3.05) is 23.9 Å². The highest BCUT2D eigenvalue weighted by Crippen LogP contribution is 2.35. The van der Waals surface area contributed by atoms with E-state index in [0.29, 0.717) is 43.3 Å². The number of rotatable bonds is 4. The monoisotopic (exact) mass is 482 g/mol. The maximum Gasteiger partial charge on any atom is 0.275 e. The number of methoxy groups -OCH3 is 1. The van der Waals surface area contributed by atoms with Crippen molar-refractivity contribution in [3.63, 3.8) is 0 Å². The largest absolute Gasteiger partial charge is 0.497 e. The minimum absolute atomic E-state index is 0.189. The van der Waals surface area contributed by atoms with E-state index < -0.39 is 0 Å². The van der Waals surface area contributed by atoms with Gasteiger partial charge >= 0.3 is 0 Å². The van der Waals surface area contributed by atoms with Crippen molar-refractivity contribution in [3.8, 4) is 5.75 Å². The molecule has 2 aromatic heterocycles. The Bertz CT molecular complexity index is 1750. The van der Waals surface area contributed by atoms with Crippen molar-refractivity contribution in [1.29, 1.82) is 0 Å². The number of aromatic nitrogens is 2. The molecule has 6 rings (SSSR count). The van der Waals surface area contributed by atoms with Crippen LogP contribution in [0.25, 0.3) is 21.6 Å². The van der Waals surface area contributed by atoms with Crippen molar-refractivity contribution in [2.24, 2.45) is 0 Å². The minimum Gasteiger partial charge on any atom is -0.497 e. The van der Waals surface area contributed by atoms with E-state index in [1.807, 2.05) is 30.3 Å². The second-order valence-electron chi connectivity index (χ2n) is 8.01. The lowest BCUT2D eigenvalue weighted by atomic mass is 10.1. The molecule has 3 heterocycles. The maximum atomic E-state index is 13.6. The summed E-state index contributed by atoms with van der Waals surface area (Å²) < 4.78 is 6.99. The molecule has 3 aromatic carbocycles. The van der Waals surface area contributed by atoms with Crippen LogP contribution in [0.3, 0.4) is 0 Å². The van der Waals surface area contributed by atoms with Gasteiger partial charge in [0.1, 0.15) is 16.8 Å². The van der Waals surface area contributed by atoms with Gasteiger partial charge in [0.05, 0.1) is 29.4 Å². The Kier molecular flexibility index (Phi) is 4.85. The van der Waals surface area contributed by atoms with Gasteiger partial charge in [-0.1, -0.05) is 41.7 Å². The number of thiazole rings is 1. The molecule has 0 radical (unpaired) electrons. The summed E-state index contributed by atoms with van der Waals surface area (Å²) >= 11 is 1.18. The van der Waals surface area contributed by atoms with E-state index in [1.54, 1.807) is 49.6 Å². The van der Waals surface area contributed by atoms with Crippen molar-refractivity contribution in [3.05, 3.63) is 93.2 Å². The van der Waals surface area contributed by atoms with Crippen LogP contribution in [-0.4, -0.2) is 34.9 Å². The zero-order valence-corrected chi connectivity index (χ0v) is 19.3. The van der Waals surface area contributed by atoms with Crippen LogP contribution in [0.15, 0.2) is 77.6 Å². The Hall–Kier alpha value is -4.50. The molecule has 35 heavy (non-hydrogen) atoms. The van der Waals surface area contributed by atoms with Crippen molar-refractivity contribution in [1.82, 2.24) is 9.38 Å². The molecule has 0 saturated carbocycles. The fourth-order valence-electron chi connectivity index (χ4n) is 4.34. The Morgan fingerprint density at radius 3 is 2.54 bits per heavy atom. The molecule has 0 saturated heterocycles. The van der Waals surface area contributed by atoms with Crippen LogP contribution in [0.1, 0.15) is 5.56 Å². The normalized spacial score (nSPS) is 14.5. The number of hydrogen-bond donors (Lipinski definition) is 1. The Morgan fingerprint density at radius 1 is 1.00 bits per heavy atom. The molecular weight excluding hydrogens is 464 g/mol. The van der Waals surface area contributed by atoms with E-state index in [9.17, 15) is 14.4 Å². The number of para-hydroxylation sites is 3. The summed E-state index contributed by atoms with van der Waals surface area (Å²) in [5.41, 5.74) is 3.23. The van der Waals surface area contributed by atoms with Crippen LogP contribution in [0.2, 0.25) is 0 Å². The summed E-state index contributed by atoms with van der Waals surface area (Å²) in [6.45, 7) is -0.189. The number of carbonyl (C=O) groups is 2. The number of hydrogen-bond acceptors (Lipinski definition) is 6. The van der Waals surface area contributed by atoms with Gasteiger partial charge in [0.2, 0.25) is 5.91 Å². The third kappa shape index (κ3) is 3.36. The summed E-state index contributed by atoms with van der Waals surface area (Å²) in [6.07, 6.45) is 0. The average Bonchev–Trinajstić information content (AvgIpc) is 3.48. The van der Waals surface area contributed by atoms with E-state index in [4.69, 9.17) is 4.74 Å². The summed E-state index contributed by atoms with van der Waals surface area (Å²) in [5.74, 6) is -0.0646. The molecule has 0 spiro atoms. The average molecular weight is 483 g/mol. The van der Waals surface area contributed by atoms with Crippen LogP contribution in [0.5, 0.6) is 5.75 Å². The van der Waals surface area contributed by atoms with Crippen LogP contribution in [0, 0.1) is 0 Å². The molecule has 9 heteroatoms. The first kappa shape index (κ1) is 21.1. The van der Waals surface area contributed by atoms with Gasteiger partial charge in [-0.15, -0.1) is 0 Å². The summed E-state index contributed by atoms with van der Waals surface area (Å²) in [7, 11) is 1.57. The maximum absolute atomic E-state index is 13.6. The van der Waals surface area contributed by atoms with E-state index >= 15 is 0 Å². The molecule has 172 valence electrons. The highest BCUT2D eigenvalue weighted by atomic mass is 32.1. The van der Waals surface area contributed by atoms with Crippen LogP contribution < -0.4 is 25.0 Å². The quantitative estimate of drug-likeness (QED) is 0.425. The fourth-order valence-corrected chi connectivity index (χ4v) is 5.41. The number of anilines is 2. The zero-order valence-electron chi connectivity index (χ0n) is 18.5. The third-order valence-corrected chi connectivity index (χ3v) is 6.99. The van der Waals surface area contributed by atoms with E-state index in [-0.39, 0.29) is 23.9 Å².